The van der Waals surface area contributed by atoms with Crippen LogP contribution in [0.25, 0.3) is 0 Å². The van der Waals surface area contributed by atoms with Gasteiger partial charge >= 0.3 is 17.9 Å². The normalized spacial score (nSPS) is 9.91. The highest BCUT2D eigenvalue weighted by Crippen LogP contribution is 2.16. The number of benzene rings is 2. The minimum absolute atomic E-state index is 0.135. The Kier molecular flexibility index (Phi) is 14.3. The van der Waals surface area contributed by atoms with Crippen molar-refractivity contribution in [1.82, 2.24) is 9.55 Å². The quantitative estimate of drug-likeness (QED) is 0.0708. The highest BCUT2D eigenvalue weighted by atomic mass is 19.1. The van der Waals surface area contributed by atoms with Crippen LogP contribution < -0.4 is 4.74 Å². The molecule has 242 valence electrons. The maximum atomic E-state index is 14.9. The van der Waals surface area contributed by atoms with Crippen molar-refractivity contribution in [2.24, 2.45) is 7.05 Å². The van der Waals surface area contributed by atoms with Gasteiger partial charge in [0.05, 0.1) is 24.5 Å². The van der Waals surface area contributed by atoms with E-state index in [1.54, 1.807) is 17.7 Å². The Morgan fingerprint density at radius 1 is 0.766 bits per heavy atom. The zero-order chi connectivity index (χ0) is 34.0. The fourth-order valence-electron chi connectivity index (χ4n) is 3.97. The number of aromatic nitrogens is 2. The molecule has 0 aliphatic rings. The molecule has 0 saturated carbocycles. The van der Waals surface area contributed by atoms with Gasteiger partial charge in [-0.1, -0.05) is 37.5 Å². The van der Waals surface area contributed by atoms with E-state index < -0.39 is 23.7 Å². The molecule has 1 heterocycles. The maximum Gasteiger partial charge on any atom is 0.330 e. The highest BCUT2D eigenvalue weighted by Gasteiger charge is 2.16. The first-order chi connectivity index (χ1) is 22.7. The Bertz CT molecular complexity index is 1730. The lowest BCUT2D eigenvalue weighted by molar-refractivity contribution is -0.140. The van der Waals surface area contributed by atoms with Gasteiger partial charge in [-0.2, -0.15) is 0 Å². The topological polar surface area (TPSA) is 106 Å². The maximum absolute atomic E-state index is 14.9. The molecule has 0 saturated heterocycles. The molecule has 0 amide bonds. The molecule has 47 heavy (non-hydrogen) atoms. The average Bonchev–Trinajstić information content (AvgIpc) is 3.39. The molecular weight excluding hydrogens is 603 g/mol. The third kappa shape index (κ3) is 11.9. The SMILES string of the molecule is C=CC(=O)OCCCCCCOc1ccc(C#Cc2ccc(C#Cc3nc(COC(=O)C=C)c(COC(=O)C=C)n3C)c(F)c2)cc1. The average molecular weight is 639 g/mol. The van der Waals surface area contributed by atoms with Crippen molar-refractivity contribution >= 4 is 17.9 Å². The van der Waals surface area contributed by atoms with E-state index in [1.807, 2.05) is 24.3 Å². The first-order valence-electron chi connectivity index (χ1n) is 14.7. The van der Waals surface area contributed by atoms with Gasteiger partial charge in [0.1, 0.15) is 30.5 Å². The molecule has 0 aliphatic heterocycles. The molecule has 0 radical (unpaired) electrons. The molecule has 0 aliphatic carbocycles. The Morgan fingerprint density at radius 2 is 1.36 bits per heavy atom. The van der Waals surface area contributed by atoms with Crippen LogP contribution in [0.4, 0.5) is 4.39 Å². The lowest BCUT2D eigenvalue weighted by Gasteiger charge is -2.06. The molecule has 3 aromatic rings. The molecule has 0 unspecified atom stereocenters. The summed E-state index contributed by atoms with van der Waals surface area (Å²) in [5.41, 5.74) is 2.13. The van der Waals surface area contributed by atoms with Crippen molar-refractivity contribution in [3.05, 3.63) is 120 Å². The molecule has 0 atom stereocenters. The van der Waals surface area contributed by atoms with Gasteiger partial charge in [-0.3, -0.25) is 0 Å². The summed E-state index contributed by atoms with van der Waals surface area (Å²) in [5.74, 6) is 10.3. The van der Waals surface area contributed by atoms with Crippen LogP contribution in [0, 0.1) is 29.5 Å². The molecule has 2 aromatic carbocycles. The van der Waals surface area contributed by atoms with E-state index in [2.05, 4.69) is 48.4 Å². The smallest absolute Gasteiger partial charge is 0.330 e. The zero-order valence-electron chi connectivity index (χ0n) is 26.2. The number of nitrogens with zero attached hydrogens (tertiary/aromatic N) is 2. The standard InChI is InChI=1S/C37H35FN2O7/c1-5-35(41)45-23-11-9-8-10-22-44-30-19-15-27(16-20-30)12-13-28-14-17-29(31(38)24-28)18-21-34-39-32(25-46-36(42)6-2)33(40(34)4)26-47-37(43)7-3/h5-7,14-17,19-20,24H,1-3,8-11,22-23,25-26H2,4H3. The van der Waals surface area contributed by atoms with E-state index >= 15 is 0 Å². The van der Waals surface area contributed by atoms with E-state index in [0.29, 0.717) is 30.2 Å². The van der Waals surface area contributed by atoms with Gasteiger partial charge in [-0.15, -0.1) is 0 Å². The van der Waals surface area contributed by atoms with Gasteiger partial charge < -0.3 is 23.5 Å². The van der Waals surface area contributed by atoms with Crippen LogP contribution in [-0.4, -0.2) is 40.7 Å². The van der Waals surface area contributed by atoms with Gasteiger partial charge in [0.2, 0.25) is 0 Å². The fourth-order valence-corrected chi connectivity index (χ4v) is 3.97. The van der Waals surface area contributed by atoms with E-state index in [0.717, 1.165) is 55.2 Å². The van der Waals surface area contributed by atoms with E-state index in [4.69, 9.17) is 18.9 Å². The van der Waals surface area contributed by atoms with Gasteiger partial charge in [0.25, 0.3) is 0 Å². The summed E-state index contributed by atoms with van der Waals surface area (Å²) in [6.45, 7) is 10.7. The third-order valence-corrected chi connectivity index (χ3v) is 6.53. The number of rotatable bonds is 15. The summed E-state index contributed by atoms with van der Waals surface area (Å²) < 4.78 is 37.4. The fraction of sp³-hybridized carbons (Fsp3) is 0.243. The Labute approximate surface area is 273 Å². The second kappa shape index (κ2) is 18.8. The minimum Gasteiger partial charge on any atom is -0.494 e. The lowest BCUT2D eigenvalue weighted by Crippen LogP contribution is -2.09. The third-order valence-electron chi connectivity index (χ3n) is 6.53. The molecule has 0 N–H and O–H groups in total. The van der Waals surface area contributed by atoms with Gasteiger partial charge in [0.15, 0.2) is 5.82 Å². The molecule has 10 heteroatoms. The van der Waals surface area contributed by atoms with Crippen LogP contribution in [0.3, 0.4) is 0 Å². The summed E-state index contributed by atoms with van der Waals surface area (Å²) in [4.78, 5) is 38.5. The summed E-state index contributed by atoms with van der Waals surface area (Å²) in [5, 5.41) is 0. The molecular formula is C37H35FN2O7. The van der Waals surface area contributed by atoms with Gasteiger partial charge in [-0.25, -0.2) is 23.8 Å². The van der Waals surface area contributed by atoms with Crippen molar-refractivity contribution in [2.75, 3.05) is 13.2 Å². The van der Waals surface area contributed by atoms with E-state index in [9.17, 15) is 18.8 Å². The summed E-state index contributed by atoms with van der Waals surface area (Å²) in [6, 6.07) is 11.8. The molecule has 9 nitrogen and oxygen atoms in total. The number of halogens is 1. The number of imidazole rings is 1. The Balaban J connectivity index is 1.58. The minimum atomic E-state index is -0.643. The molecule has 3 rings (SSSR count). The molecule has 0 fully saturated rings. The molecule has 0 spiro atoms. The predicted octanol–water partition coefficient (Wildman–Crippen LogP) is 5.49. The van der Waals surface area contributed by atoms with Crippen molar-refractivity contribution in [2.45, 2.75) is 38.9 Å². The van der Waals surface area contributed by atoms with Gasteiger partial charge in [-0.05, 0) is 74.1 Å². The summed E-state index contributed by atoms with van der Waals surface area (Å²) >= 11 is 0. The van der Waals surface area contributed by atoms with Crippen LogP contribution in [0.15, 0.2) is 80.4 Å². The number of esters is 3. The van der Waals surface area contributed by atoms with Crippen molar-refractivity contribution in [1.29, 1.82) is 0 Å². The number of unbranched alkanes of at least 4 members (excludes halogenated alkanes) is 3. The van der Waals surface area contributed by atoms with Crippen LogP contribution in [0.2, 0.25) is 0 Å². The van der Waals surface area contributed by atoms with E-state index in [-0.39, 0.29) is 24.6 Å². The highest BCUT2D eigenvalue weighted by molar-refractivity contribution is 5.81. The predicted molar refractivity (Wildman–Crippen MR) is 173 cm³/mol. The van der Waals surface area contributed by atoms with Crippen molar-refractivity contribution < 1.29 is 37.7 Å². The second-order valence-electron chi connectivity index (χ2n) is 9.86. The second-order valence-corrected chi connectivity index (χ2v) is 9.86. The van der Waals surface area contributed by atoms with Crippen LogP contribution in [-0.2, 0) is 48.9 Å². The zero-order valence-corrected chi connectivity index (χ0v) is 26.2. The van der Waals surface area contributed by atoms with E-state index in [1.165, 1.54) is 12.1 Å². The first kappa shape index (κ1) is 35.6. The lowest BCUT2D eigenvalue weighted by atomic mass is 10.1. The number of carbonyl (C=O) groups is 3. The summed E-state index contributed by atoms with van der Waals surface area (Å²) in [7, 11) is 1.65. The van der Waals surface area contributed by atoms with Crippen LogP contribution in [0.5, 0.6) is 5.75 Å². The number of hydrogen-bond donors (Lipinski definition) is 0. The van der Waals surface area contributed by atoms with Gasteiger partial charge in [0, 0.05) is 36.4 Å². The van der Waals surface area contributed by atoms with Crippen LogP contribution in [0.1, 0.15) is 59.6 Å². The Morgan fingerprint density at radius 3 is 2.02 bits per heavy atom. The van der Waals surface area contributed by atoms with Crippen molar-refractivity contribution in [3.63, 3.8) is 0 Å². The Hall–Kier alpha value is -5.87. The van der Waals surface area contributed by atoms with Crippen LogP contribution >= 0.6 is 0 Å². The number of ether oxygens (including phenoxy) is 4. The van der Waals surface area contributed by atoms with Crippen molar-refractivity contribution in [3.8, 4) is 29.4 Å². The first-order valence-corrected chi connectivity index (χ1v) is 14.7. The molecule has 1 aromatic heterocycles. The molecule has 0 bridgehead atoms. The summed E-state index contributed by atoms with van der Waals surface area (Å²) in [6.07, 6.45) is 6.79. The largest absolute Gasteiger partial charge is 0.494 e. The number of carbonyl (C=O) groups excluding carboxylic acids is 3. The monoisotopic (exact) mass is 638 g/mol. The number of hydrogen-bond acceptors (Lipinski definition) is 8.